The van der Waals surface area contributed by atoms with Crippen LogP contribution in [0.25, 0.3) is 6.08 Å². The van der Waals surface area contributed by atoms with E-state index in [9.17, 15) is 14.4 Å². The van der Waals surface area contributed by atoms with E-state index in [2.05, 4.69) is 26.6 Å². The Labute approximate surface area is 233 Å². The van der Waals surface area contributed by atoms with Gasteiger partial charge in [-0.25, -0.2) is 9.69 Å². The van der Waals surface area contributed by atoms with Gasteiger partial charge >= 0.3 is 6.03 Å². The lowest BCUT2D eigenvalue weighted by molar-refractivity contribution is -0.127. The molecule has 2 N–H and O–H groups in total. The fourth-order valence-corrected chi connectivity index (χ4v) is 4.37. The Hall–Kier alpha value is -3.82. The number of nitrogens with zero attached hydrogens (tertiary/aromatic N) is 1. The number of hydrogen-bond acceptors (Lipinski definition) is 5. The average Bonchev–Trinajstić information content (AvgIpc) is 3.13. The lowest BCUT2D eigenvalue weighted by Gasteiger charge is -2.15. The maximum absolute atomic E-state index is 12.9. The first kappa shape index (κ1) is 27.2. The molecule has 1 aliphatic rings. The predicted molar refractivity (Wildman–Crippen MR) is 149 cm³/mol. The van der Waals surface area contributed by atoms with Crippen molar-refractivity contribution in [1.82, 2.24) is 10.2 Å². The van der Waals surface area contributed by atoms with Crippen LogP contribution in [0.2, 0.25) is 5.02 Å². The quantitative estimate of drug-likeness (QED) is 0.235. The molecule has 1 heterocycles. The monoisotopic (exact) mass is 597 g/mol. The van der Waals surface area contributed by atoms with Gasteiger partial charge in [0.1, 0.15) is 18.8 Å². The van der Waals surface area contributed by atoms with Gasteiger partial charge in [-0.3, -0.25) is 9.59 Å². The molecule has 0 spiro atoms. The van der Waals surface area contributed by atoms with Crippen LogP contribution in [-0.2, 0) is 16.2 Å². The summed E-state index contributed by atoms with van der Waals surface area (Å²) >= 11 is 9.47. The molecule has 0 bridgehead atoms. The Bertz CT molecular complexity index is 1390. The van der Waals surface area contributed by atoms with Crippen LogP contribution in [0.3, 0.4) is 0 Å². The molecule has 1 aliphatic heterocycles. The van der Waals surface area contributed by atoms with Crippen molar-refractivity contribution in [2.75, 3.05) is 18.5 Å². The first-order chi connectivity index (χ1) is 18.2. The maximum Gasteiger partial charge on any atom is 0.329 e. The van der Waals surface area contributed by atoms with Gasteiger partial charge in [0.25, 0.3) is 5.91 Å². The molecule has 0 saturated carbocycles. The number of urea groups is 1. The Balaban J connectivity index is 1.48. The lowest BCUT2D eigenvalue weighted by atomic mass is 10.1. The predicted octanol–water partition coefficient (Wildman–Crippen LogP) is 5.92. The van der Waals surface area contributed by atoms with E-state index in [-0.39, 0.29) is 5.70 Å². The molecule has 1 saturated heterocycles. The minimum absolute atomic E-state index is 0.0438. The van der Waals surface area contributed by atoms with E-state index in [0.29, 0.717) is 45.5 Å². The summed E-state index contributed by atoms with van der Waals surface area (Å²) in [5.41, 5.74) is 3.19. The van der Waals surface area contributed by atoms with Gasteiger partial charge in [-0.2, -0.15) is 0 Å². The number of imide groups is 1. The second-order valence-electron chi connectivity index (χ2n) is 8.47. The molecule has 3 aromatic carbocycles. The third kappa shape index (κ3) is 6.73. The van der Waals surface area contributed by atoms with Crippen LogP contribution in [0.15, 0.2) is 70.8 Å². The number of aryl methyl sites for hydroxylation is 1. The molecule has 4 amide bonds. The molecule has 0 unspecified atom stereocenters. The summed E-state index contributed by atoms with van der Waals surface area (Å²) in [6.07, 6.45) is 1.52. The summed E-state index contributed by atoms with van der Waals surface area (Å²) in [6.45, 7) is 4.06. The number of ether oxygens (including phenoxy) is 2. The van der Waals surface area contributed by atoms with Crippen molar-refractivity contribution in [3.05, 3.63) is 92.5 Å². The van der Waals surface area contributed by atoms with Crippen LogP contribution < -0.4 is 20.1 Å². The number of benzene rings is 3. The standard InChI is InChI=1S/C28H25BrClN3O5/c1-3-37-24-14-19(12-22(29)26(24)38-16-18-6-8-20(30)9-7-18)13-23-27(35)33(28(36)32-23)15-25(34)31-21-10-4-17(2)5-11-21/h4-14H,3,15-16H2,1-2H3,(H,31,34)(H,32,36)/b23-13+. The Morgan fingerprint density at radius 2 is 1.79 bits per heavy atom. The van der Waals surface area contributed by atoms with Crippen molar-refractivity contribution in [2.24, 2.45) is 0 Å². The van der Waals surface area contributed by atoms with E-state index in [4.69, 9.17) is 21.1 Å². The summed E-state index contributed by atoms with van der Waals surface area (Å²) in [5.74, 6) is -0.123. The Morgan fingerprint density at radius 1 is 1.08 bits per heavy atom. The van der Waals surface area contributed by atoms with E-state index in [1.54, 1.807) is 36.4 Å². The number of amides is 4. The number of carbonyl (C=O) groups excluding carboxylic acids is 3. The summed E-state index contributed by atoms with van der Waals surface area (Å²) in [6, 6.07) is 17.3. The van der Waals surface area contributed by atoms with E-state index in [1.807, 2.05) is 38.1 Å². The van der Waals surface area contributed by atoms with E-state index in [1.165, 1.54) is 6.08 Å². The zero-order valence-corrected chi connectivity index (χ0v) is 23.1. The molecular weight excluding hydrogens is 574 g/mol. The highest BCUT2D eigenvalue weighted by atomic mass is 79.9. The molecule has 0 radical (unpaired) electrons. The van der Waals surface area contributed by atoms with Gasteiger partial charge in [-0.15, -0.1) is 0 Å². The van der Waals surface area contributed by atoms with Crippen LogP contribution in [0.5, 0.6) is 11.5 Å². The second-order valence-corrected chi connectivity index (χ2v) is 9.76. The normalized spacial score (nSPS) is 14.0. The van der Waals surface area contributed by atoms with Gasteiger partial charge < -0.3 is 20.1 Å². The fourth-order valence-electron chi connectivity index (χ4n) is 3.67. The first-order valence-corrected chi connectivity index (χ1v) is 12.9. The molecule has 0 atom stereocenters. The molecule has 1 fully saturated rings. The highest BCUT2D eigenvalue weighted by molar-refractivity contribution is 9.10. The van der Waals surface area contributed by atoms with Crippen molar-refractivity contribution >= 4 is 57.1 Å². The largest absolute Gasteiger partial charge is 0.490 e. The zero-order chi connectivity index (χ0) is 27.2. The van der Waals surface area contributed by atoms with Crippen molar-refractivity contribution in [3.63, 3.8) is 0 Å². The van der Waals surface area contributed by atoms with Crippen molar-refractivity contribution in [3.8, 4) is 11.5 Å². The molecule has 196 valence electrons. The van der Waals surface area contributed by atoms with Crippen molar-refractivity contribution in [1.29, 1.82) is 0 Å². The van der Waals surface area contributed by atoms with E-state index in [0.717, 1.165) is 16.0 Å². The highest BCUT2D eigenvalue weighted by Gasteiger charge is 2.35. The molecule has 8 nitrogen and oxygen atoms in total. The van der Waals surface area contributed by atoms with Crippen LogP contribution in [0, 0.1) is 6.92 Å². The molecule has 3 aromatic rings. The van der Waals surface area contributed by atoms with Crippen LogP contribution in [0.1, 0.15) is 23.6 Å². The topological polar surface area (TPSA) is 97.0 Å². The molecule has 0 aliphatic carbocycles. The van der Waals surface area contributed by atoms with Gasteiger partial charge in [0.15, 0.2) is 11.5 Å². The molecular formula is C28H25BrClN3O5. The number of nitrogens with one attached hydrogen (secondary N) is 2. The number of carbonyl (C=O) groups is 3. The minimum Gasteiger partial charge on any atom is -0.490 e. The van der Waals surface area contributed by atoms with Gasteiger partial charge in [0, 0.05) is 10.7 Å². The minimum atomic E-state index is -0.674. The average molecular weight is 599 g/mol. The van der Waals surface area contributed by atoms with Gasteiger partial charge in [0.05, 0.1) is 11.1 Å². The van der Waals surface area contributed by atoms with E-state index >= 15 is 0 Å². The molecule has 4 rings (SSSR count). The first-order valence-electron chi connectivity index (χ1n) is 11.8. The van der Waals surface area contributed by atoms with Crippen LogP contribution in [0.4, 0.5) is 10.5 Å². The fraction of sp³-hybridized carbons (Fsp3) is 0.179. The SMILES string of the molecule is CCOc1cc(/C=C2/NC(=O)N(CC(=O)Nc3ccc(C)cc3)C2=O)cc(Br)c1OCc1ccc(Cl)cc1. The number of halogens is 2. The Morgan fingerprint density at radius 3 is 2.47 bits per heavy atom. The number of rotatable bonds is 9. The smallest absolute Gasteiger partial charge is 0.329 e. The molecule has 38 heavy (non-hydrogen) atoms. The van der Waals surface area contributed by atoms with Crippen LogP contribution >= 0.6 is 27.5 Å². The third-order valence-corrected chi connectivity index (χ3v) is 6.38. The number of hydrogen-bond donors (Lipinski definition) is 2. The summed E-state index contributed by atoms with van der Waals surface area (Å²) < 4.78 is 12.4. The molecule has 0 aromatic heterocycles. The second kappa shape index (κ2) is 12.1. The van der Waals surface area contributed by atoms with Crippen molar-refractivity contribution < 1.29 is 23.9 Å². The van der Waals surface area contributed by atoms with Crippen LogP contribution in [-0.4, -0.2) is 35.9 Å². The summed E-state index contributed by atoms with van der Waals surface area (Å²) in [7, 11) is 0. The van der Waals surface area contributed by atoms with Gasteiger partial charge in [-0.05, 0) is 83.4 Å². The van der Waals surface area contributed by atoms with Gasteiger partial charge in [-0.1, -0.05) is 41.4 Å². The Kier molecular flexibility index (Phi) is 8.70. The lowest BCUT2D eigenvalue weighted by Crippen LogP contribution is -2.38. The third-order valence-electron chi connectivity index (χ3n) is 5.54. The van der Waals surface area contributed by atoms with Gasteiger partial charge in [0.2, 0.25) is 5.91 Å². The maximum atomic E-state index is 12.9. The van der Waals surface area contributed by atoms with Crippen molar-refractivity contribution in [2.45, 2.75) is 20.5 Å². The molecule has 10 heteroatoms. The summed E-state index contributed by atoms with van der Waals surface area (Å²) in [5, 5.41) is 5.86. The summed E-state index contributed by atoms with van der Waals surface area (Å²) in [4.78, 5) is 38.7. The zero-order valence-electron chi connectivity index (χ0n) is 20.7. The number of anilines is 1. The van der Waals surface area contributed by atoms with E-state index < -0.39 is 24.4 Å². The highest BCUT2D eigenvalue weighted by Crippen LogP contribution is 2.38.